The molecule has 1 unspecified atom stereocenters. The van der Waals surface area contributed by atoms with Crippen molar-refractivity contribution in [3.8, 4) is 0 Å². The van der Waals surface area contributed by atoms with Gasteiger partial charge in [-0.25, -0.2) is 8.78 Å². The molecule has 0 bridgehead atoms. The van der Waals surface area contributed by atoms with Crippen molar-refractivity contribution in [3.63, 3.8) is 0 Å². The van der Waals surface area contributed by atoms with E-state index >= 15 is 0 Å². The molecule has 5 nitrogen and oxygen atoms in total. The summed E-state index contributed by atoms with van der Waals surface area (Å²) in [5.74, 6) is -0.295. The minimum Gasteiger partial charge on any atom is -0.355 e. The van der Waals surface area contributed by atoms with Gasteiger partial charge in [0.1, 0.15) is 11.6 Å². The van der Waals surface area contributed by atoms with Crippen LogP contribution in [-0.2, 0) is 6.54 Å². The maximum Gasteiger partial charge on any atom is 0.191 e. The number of likely N-dealkylation sites (N-methyl/N-ethyl adjacent to an activating group) is 2. The SMILES string of the molecule is CN=C(NCc1cc(F)ccc1F)NCC1CN(C)CCN1C.I. The number of nitrogens with zero attached hydrogens (tertiary/aromatic N) is 3. The number of piperazine rings is 1. The molecule has 8 heteroatoms. The van der Waals surface area contributed by atoms with Crippen molar-refractivity contribution in [1.82, 2.24) is 20.4 Å². The van der Waals surface area contributed by atoms with E-state index in [4.69, 9.17) is 0 Å². The van der Waals surface area contributed by atoms with Crippen molar-refractivity contribution in [1.29, 1.82) is 0 Å². The summed E-state index contributed by atoms with van der Waals surface area (Å²) in [6, 6.07) is 3.83. The fraction of sp³-hybridized carbons (Fsp3) is 0.562. The largest absolute Gasteiger partial charge is 0.355 e. The Morgan fingerprint density at radius 3 is 2.71 bits per heavy atom. The molecule has 24 heavy (non-hydrogen) atoms. The van der Waals surface area contributed by atoms with E-state index in [2.05, 4.69) is 39.5 Å². The minimum atomic E-state index is -0.446. The number of nitrogens with one attached hydrogen (secondary N) is 2. The predicted molar refractivity (Wildman–Crippen MR) is 104 cm³/mol. The Morgan fingerprint density at radius 1 is 1.25 bits per heavy atom. The third-order valence-electron chi connectivity index (χ3n) is 4.16. The highest BCUT2D eigenvalue weighted by Crippen LogP contribution is 2.09. The average molecular weight is 453 g/mol. The van der Waals surface area contributed by atoms with Crippen molar-refractivity contribution >= 4 is 29.9 Å². The maximum absolute atomic E-state index is 13.6. The van der Waals surface area contributed by atoms with Gasteiger partial charge in [-0.3, -0.25) is 9.89 Å². The molecule has 0 radical (unpaired) electrons. The molecule has 0 amide bonds. The second-order valence-electron chi connectivity index (χ2n) is 5.94. The first-order chi connectivity index (χ1) is 11.0. The molecular weight excluding hydrogens is 427 g/mol. The lowest BCUT2D eigenvalue weighted by Crippen LogP contribution is -2.55. The van der Waals surface area contributed by atoms with Gasteiger partial charge in [-0.05, 0) is 32.3 Å². The Bertz CT molecular complexity index is 555. The van der Waals surface area contributed by atoms with Gasteiger partial charge in [0.2, 0.25) is 0 Å². The predicted octanol–water partition coefficient (Wildman–Crippen LogP) is 1.49. The van der Waals surface area contributed by atoms with E-state index in [1.165, 1.54) is 6.07 Å². The molecule has 1 aromatic carbocycles. The van der Waals surface area contributed by atoms with Crippen LogP contribution < -0.4 is 10.6 Å². The molecule has 1 heterocycles. The van der Waals surface area contributed by atoms with Crippen LogP contribution in [0, 0.1) is 11.6 Å². The smallest absolute Gasteiger partial charge is 0.191 e. The summed E-state index contributed by atoms with van der Waals surface area (Å²) in [5.41, 5.74) is 0.280. The van der Waals surface area contributed by atoms with Gasteiger partial charge in [-0.2, -0.15) is 0 Å². The molecule has 0 saturated carbocycles. The lowest BCUT2D eigenvalue weighted by atomic mass is 10.2. The molecule has 0 spiro atoms. The van der Waals surface area contributed by atoms with Gasteiger partial charge in [0.25, 0.3) is 0 Å². The number of aliphatic imine (C=N–C) groups is 1. The van der Waals surface area contributed by atoms with Gasteiger partial charge >= 0.3 is 0 Å². The maximum atomic E-state index is 13.6. The molecule has 0 aliphatic carbocycles. The van der Waals surface area contributed by atoms with E-state index in [9.17, 15) is 8.78 Å². The fourth-order valence-electron chi connectivity index (χ4n) is 2.61. The molecule has 2 N–H and O–H groups in total. The first-order valence-electron chi connectivity index (χ1n) is 7.77. The van der Waals surface area contributed by atoms with Gasteiger partial charge in [-0.1, -0.05) is 0 Å². The highest BCUT2D eigenvalue weighted by atomic mass is 127. The van der Waals surface area contributed by atoms with E-state index in [0.717, 1.165) is 38.3 Å². The molecular formula is C16H26F2IN5. The zero-order chi connectivity index (χ0) is 16.8. The number of rotatable bonds is 4. The second kappa shape index (κ2) is 10.1. The van der Waals surface area contributed by atoms with Crippen LogP contribution in [0.15, 0.2) is 23.2 Å². The van der Waals surface area contributed by atoms with Crippen molar-refractivity contribution in [2.24, 2.45) is 4.99 Å². The Hall–Kier alpha value is -1.00. The molecule has 1 saturated heterocycles. The lowest BCUT2D eigenvalue weighted by molar-refractivity contribution is 0.116. The first-order valence-corrected chi connectivity index (χ1v) is 7.77. The number of hydrogen-bond acceptors (Lipinski definition) is 3. The Balaban J connectivity index is 0.00000288. The van der Waals surface area contributed by atoms with Crippen LogP contribution in [0.2, 0.25) is 0 Å². The highest BCUT2D eigenvalue weighted by Gasteiger charge is 2.22. The highest BCUT2D eigenvalue weighted by molar-refractivity contribution is 14.0. The van der Waals surface area contributed by atoms with Gasteiger partial charge < -0.3 is 15.5 Å². The fourth-order valence-corrected chi connectivity index (χ4v) is 2.61. The quantitative estimate of drug-likeness (QED) is 0.412. The number of hydrogen-bond donors (Lipinski definition) is 2. The van der Waals surface area contributed by atoms with Crippen LogP contribution in [0.5, 0.6) is 0 Å². The molecule has 0 aromatic heterocycles. The van der Waals surface area contributed by atoms with E-state index in [1.54, 1.807) is 7.05 Å². The molecule has 1 aromatic rings. The van der Waals surface area contributed by atoms with Gasteiger partial charge in [0, 0.05) is 51.4 Å². The molecule has 1 atom stereocenters. The minimum absolute atomic E-state index is 0. The monoisotopic (exact) mass is 453 g/mol. The summed E-state index contributed by atoms with van der Waals surface area (Å²) in [5, 5.41) is 6.27. The summed E-state index contributed by atoms with van der Waals surface area (Å²) < 4.78 is 26.8. The Labute approximate surface area is 159 Å². The normalized spacial score (nSPS) is 19.7. The van der Waals surface area contributed by atoms with E-state index in [-0.39, 0.29) is 36.1 Å². The Kier molecular flexibility index (Phi) is 8.85. The van der Waals surface area contributed by atoms with E-state index < -0.39 is 11.6 Å². The molecule has 1 aliphatic rings. The van der Waals surface area contributed by atoms with Gasteiger partial charge in [0.15, 0.2) is 5.96 Å². The topological polar surface area (TPSA) is 42.9 Å². The van der Waals surface area contributed by atoms with Crippen LogP contribution in [0.1, 0.15) is 5.56 Å². The lowest BCUT2D eigenvalue weighted by Gasteiger charge is -2.37. The molecule has 1 fully saturated rings. The molecule has 1 aliphatic heterocycles. The third kappa shape index (κ3) is 6.14. The van der Waals surface area contributed by atoms with Crippen LogP contribution in [0.4, 0.5) is 8.78 Å². The van der Waals surface area contributed by atoms with Crippen molar-refractivity contribution in [3.05, 3.63) is 35.4 Å². The summed E-state index contributed by atoms with van der Waals surface area (Å²) >= 11 is 0. The van der Waals surface area contributed by atoms with Gasteiger partial charge in [0.05, 0.1) is 0 Å². The first kappa shape index (κ1) is 21.0. The summed E-state index contributed by atoms with van der Waals surface area (Å²) in [7, 11) is 5.88. The van der Waals surface area contributed by atoms with Crippen molar-refractivity contribution < 1.29 is 8.78 Å². The average Bonchev–Trinajstić information content (AvgIpc) is 2.53. The second-order valence-corrected chi connectivity index (χ2v) is 5.94. The van der Waals surface area contributed by atoms with Crippen LogP contribution >= 0.6 is 24.0 Å². The molecule has 136 valence electrons. The summed E-state index contributed by atoms with van der Waals surface area (Å²) in [6.07, 6.45) is 0. The van der Waals surface area contributed by atoms with Crippen LogP contribution in [0.3, 0.4) is 0 Å². The standard InChI is InChI=1S/C16H25F2N5.HI/c1-19-16(20-9-12-8-13(17)4-5-15(12)18)21-10-14-11-22(2)6-7-23(14)3;/h4-5,8,14H,6-7,9-11H2,1-3H3,(H2,19,20,21);1H. The van der Waals surface area contributed by atoms with Crippen molar-refractivity contribution in [2.75, 3.05) is 47.3 Å². The van der Waals surface area contributed by atoms with E-state index in [0.29, 0.717) is 12.0 Å². The third-order valence-corrected chi connectivity index (χ3v) is 4.16. The van der Waals surface area contributed by atoms with Crippen LogP contribution in [0.25, 0.3) is 0 Å². The van der Waals surface area contributed by atoms with E-state index in [1.807, 2.05) is 0 Å². The number of benzene rings is 1. The van der Waals surface area contributed by atoms with Crippen LogP contribution in [-0.4, -0.2) is 69.1 Å². The zero-order valence-corrected chi connectivity index (χ0v) is 16.7. The molecule has 2 rings (SSSR count). The summed E-state index contributed by atoms with van der Waals surface area (Å²) in [6.45, 7) is 4.01. The Morgan fingerprint density at radius 2 is 2.00 bits per heavy atom. The number of halogens is 3. The van der Waals surface area contributed by atoms with Gasteiger partial charge in [-0.15, -0.1) is 24.0 Å². The van der Waals surface area contributed by atoms with Crippen molar-refractivity contribution in [2.45, 2.75) is 12.6 Å². The number of guanidine groups is 1. The zero-order valence-electron chi connectivity index (χ0n) is 14.4. The summed E-state index contributed by atoms with van der Waals surface area (Å²) in [4.78, 5) is 8.74.